The van der Waals surface area contributed by atoms with Crippen LogP contribution in [0, 0.1) is 0 Å². The van der Waals surface area contributed by atoms with E-state index in [1.54, 1.807) is 35.2 Å². The van der Waals surface area contributed by atoms with E-state index in [1.165, 1.54) is 18.7 Å². The van der Waals surface area contributed by atoms with Crippen molar-refractivity contribution in [3.8, 4) is 5.75 Å². The van der Waals surface area contributed by atoms with Crippen molar-refractivity contribution < 1.29 is 19.4 Å². The molecule has 28 heavy (non-hydrogen) atoms. The van der Waals surface area contributed by atoms with E-state index in [0.29, 0.717) is 21.5 Å². The lowest BCUT2D eigenvalue weighted by Gasteiger charge is -2.14. The van der Waals surface area contributed by atoms with Gasteiger partial charge in [-0.05, 0) is 42.7 Å². The molecular formula is C21H19NO4S2. The number of carboxylic acids is 1. The molecule has 0 aromatic heterocycles. The van der Waals surface area contributed by atoms with Gasteiger partial charge in [0.05, 0.1) is 4.91 Å². The molecule has 5 nitrogen and oxygen atoms in total. The van der Waals surface area contributed by atoms with Gasteiger partial charge in [-0.1, -0.05) is 66.4 Å². The molecule has 1 aliphatic rings. The van der Waals surface area contributed by atoms with E-state index in [4.69, 9.17) is 22.1 Å². The molecular weight excluding hydrogens is 394 g/mol. The average Bonchev–Trinajstić information content (AvgIpc) is 2.95. The summed E-state index contributed by atoms with van der Waals surface area (Å²) in [5.74, 6) is -0.656. The van der Waals surface area contributed by atoms with Crippen LogP contribution in [0.25, 0.3) is 6.08 Å². The van der Waals surface area contributed by atoms with Crippen LogP contribution in [0.2, 0.25) is 0 Å². The van der Waals surface area contributed by atoms with Crippen molar-refractivity contribution in [3.05, 3.63) is 70.6 Å². The molecule has 1 atom stereocenters. The first kappa shape index (κ1) is 20.1. The molecule has 1 amide bonds. The molecule has 1 unspecified atom stereocenters. The molecule has 1 heterocycles. The highest BCUT2D eigenvalue weighted by Gasteiger charge is 2.31. The predicted molar refractivity (Wildman–Crippen MR) is 114 cm³/mol. The third-order valence-electron chi connectivity index (χ3n) is 4.18. The Kier molecular flexibility index (Phi) is 6.49. The Balaban J connectivity index is 1.65. The van der Waals surface area contributed by atoms with Gasteiger partial charge in [0, 0.05) is 6.54 Å². The van der Waals surface area contributed by atoms with E-state index in [2.05, 4.69) is 0 Å². The van der Waals surface area contributed by atoms with E-state index >= 15 is 0 Å². The minimum Gasteiger partial charge on any atom is -0.479 e. The lowest BCUT2D eigenvalue weighted by molar-refractivity contribution is -0.144. The maximum atomic E-state index is 12.7. The summed E-state index contributed by atoms with van der Waals surface area (Å²) in [6.45, 7) is 2.02. The monoisotopic (exact) mass is 413 g/mol. The zero-order valence-corrected chi connectivity index (χ0v) is 16.8. The molecule has 0 spiro atoms. The number of amides is 1. The van der Waals surface area contributed by atoms with Gasteiger partial charge in [-0.25, -0.2) is 4.79 Å². The van der Waals surface area contributed by atoms with Crippen LogP contribution in [-0.4, -0.2) is 38.9 Å². The number of thioether (sulfide) groups is 1. The van der Waals surface area contributed by atoms with Crippen LogP contribution < -0.4 is 4.74 Å². The maximum Gasteiger partial charge on any atom is 0.344 e. The van der Waals surface area contributed by atoms with Gasteiger partial charge in [-0.15, -0.1) is 0 Å². The number of carbonyl (C=O) groups excluding carboxylic acids is 1. The van der Waals surface area contributed by atoms with Crippen molar-refractivity contribution in [1.29, 1.82) is 0 Å². The van der Waals surface area contributed by atoms with Crippen molar-refractivity contribution in [2.24, 2.45) is 0 Å². The summed E-state index contributed by atoms with van der Waals surface area (Å²) in [6.07, 6.45) is 1.60. The summed E-state index contributed by atoms with van der Waals surface area (Å²) in [4.78, 5) is 25.7. The second-order valence-corrected chi connectivity index (χ2v) is 7.91. The number of rotatable bonds is 7. The fourth-order valence-corrected chi connectivity index (χ4v) is 3.94. The SMILES string of the molecule is CC(Oc1ccc(/C=C2/SC(=S)N(CCc3ccccc3)C2=O)cc1)C(=O)O. The molecule has 7 heteroatoms. The normalized spacial score (nSPS) is 16.5. The zero-order valence-electron chi connectivity index (χ0n) is 15.2. The second kappa shape index (κ2) is 9.03. The van der Waals surface area contributed by atoms with Crippen molar-refractivity contribution in [3.63, 3.8) is 0 Å². The van der Waals surface area contributed by atoms with Crippen LogP contribution in [0.3, 0.4) is 0 Å². The number of thiocarbonyl (C=S) groups is 1. The predicted octanol–water partition coefficient (Wildman–Crippen LogP) is 3.98. The summed E-state index contributed by atoms with van der Waals surface area (Å²) in [6, 6.07) is 16.9. The highest BCUT2D eigenvalue weighted by Crippen LogP contribution is 2.32. The Bertz CT molecular complexity index is 910. The summed E-state index contributed by atoms with van der Waals surface area (Å²) in [7, 11) is 0. The second-order valence-electron chi connectivity index (χ2n) is 6.24. The third kappa shape index (κ3) is 4.99. The molecule has 0 bridgehead atoms. The first-order valence-corrected chi connectivity index (χ1v) is 9.95. The van der Waals surface area contributed by atoms with Crippen LogP contribution in [0.1, 0.15) is 18.1 Å². The van der Waals surface area contributed by atoms with Crippen LogP contribution in [0.15, 0.2) is 59.5 Å². The number of hydrogen-bond donors (Lipinski definition) is 1. The Hall–Kier alpha value is -2.64. The molecule has 1 saturated heterocycles. The molecule has 0 aliphatic carbocycles. The summed E-state index contributed by atoms with van der Waals surface area (Å²) in [5, 5.41) is 8.89. The van der Waals surface area contributed by atoms with Crippen molar-refractivity contribution in [1.82, 2.24) is 4.90 Å². The van der Waals surface area contributed by atoms with Gasteiger partial charge in [0.15, 0.2) is 6.10 Å². The van der Waals surface area contributed by atoms with E-state index < -0.39 is 12.1 Å². The van der Waals surface area contributed by atoms with E-state index in [9.17, 15) is 9.59 Å². The number of aliphatic carboxylic acids is 1. The maximum absolute atomic E-state index is 12.7. The van der Waals surface area contributed by atoms with Gasteiger partial charge >= 0.3 is 5.97 Å². The highest BCUT2D eigenvalue weighted by atomic mass is 32.2. The quantitative estimate of drug-likeness (QED) is 0.547. The van der Waals surface area contributed by atoms with E-state index in [1.807, 2.05) is 30.3 Å². The summed E-state index contributed by atoms with van der Waals surface area (Å²) >= 11 is 6.66. The van der Waals surface area contributed by atoms with Gasteiger partial charge in [-0.2, -0.15) is 0 Å². The van der Waals surface area contributed by atoms with Gasteiger partial charge in [0.1, 0.15) is 10.1 Å². The molecule has 3 rings (SSSR count). The van der Waals surface area contributed by atoms with Gasteiger partial charge < -0.3 is 9.84 Å². The van der Waals surface area contributed by atoms with Gasteiger partial charge in [0.2, 0.25) is 0 Å². The number of nitrogens with zero attached hydrogens (tertiary/aromatic N) is 1. The minimum absolute atomic E-state index is 0.0919. The minimum atomic E-state index is -1.02. The fraction of sp³-hybridized carbons (Fsp3) is 0.190. The highest BCUT2D eigenvalue weighted by molar-refractivity contribution is 8.26. The Morgan fingerprint density at radius 1 is 1.21 bits per heavy atom. The van der Waals surface area contributed by atoms with E-state index in [-0.39, 0.29) is 5.91 Å². The van der Waals surface area contributed by atoms with Crippen molar-refractivity contribution >= 4 is 46.3 Å². The largest absolute Gasteiger partial charge is 0.479 e. The topological polar surface area (TPSA) is 66.8 Å². The molecule has 2 aromatic carbocycles. The molecule has 1 fully saturated rings. The van der Waals surface area contributed by atoms with Gasteiger partial charge in [0.25, 0.3) is 5.91 Å². The number of hydrogen-bond acceptors (Lipinski definition) is 5. The smallest absolute Gasteiger partial charge is 0.344 e. The summed E-state index contributed by atoms with van der Waals surface area (Å²) in [5.41, 5.74) is 1.98. The lowest BCUT2D eigenvalue weighted by atomic mass is 10.1. The number of ether oxygens (including phenoxy) is 1. The number of benzene rings is 2. The Morgan fingerprint density at radius 2 is 1.89 bits per heavy atom. The first-order valence-electron chi connectivity index (χ1n) is 8.73. The standard InChI is InChI=1S/C21H19NO4S2/c1-14(20(24)25)26-17-9-7-16(8-10-17)13-18-19(23)22(21(27)28-18)12-11-15-5-3-2-4-6-15/h2-10,13-14H,11-12H2,1H3,(H,24,25)/b18-13+. The molecule has 0 saturated carbocycles. The van der Waals surface area contributed by atoms with Crippen molar-refractivity contribution in [2.75, 3.05) is 6.54 Å². The number of carbonyl (C=O) groups is 2. The van der Waals surface area contributed by atoms with Crippen LogP contribution in [0.5, 0.6) is 5.75 Å². The Labute approximate surface area is 173 Å². The van der Waals surface area contributed by atoms with Crippen LogP contribution in [-0.2, 0) is 16.0 Å². The van der Waals surface area contributed by atoms with Crippen molar-refractivity contribution in [2.45, 2.75) is 19.4 Å². The van der Waals surface area contributed by atoms with Crippen LogP contribution >= 0.6 is 24.0 Å². The molecule has 0 radical (unpaired) electrons. The average molecular weight is 414 g/mol. The van der Waals surface area contributed by atoms with Gasteiger partial charge in [-0.3, -0.25) is 9.69 Å². The lowest BCUT2D eigenvalue weighted by Crippen LogP contribution is -2.30. The Morgan fingerprint density at radius 3 is 2.54 bits per heavy atom. The molecule has 2 aromatic rings. The third-order valence-corrected chi connectivity index (χ3v) is 5.56. The first-order chi connectivity index (χ1) is 13.4. The zero-order chi connectivity index (χ0) is 20.1. The molecule has 1 aliphatic heterocycles. The molecule has 1 N–H and O–H groups in total. The fourth-order valence-electron chi connectivity index (χ4n) is 2.63. The molecule has 144 valence electrons. The van der Waals surface area contributed by atoms with Crippen LogP contribution in [0.4, 0.5) is 0 Å². The summed E-state index contributed by atoms with van der Waals surface area (Å²) < 4.78 is 5.87. The van der Waals surface area contributed by atoms with E-state index in [0.717, 1.165) is 17.5 Å². The number of carboxylic acid groups (broad SMARTS) is 1.